The second-order valence-corrected chi connectivity index (χ2v) is 5.00. The minimum Gasteiger partial charge on any atom is -0.0584 e. The maximum atomic E-state index is 2.52. The Morgan fingerprint density at radius 2 is 2.00 bits per heavy atom. The molecular formula is C14H18. The molecule has 1 aromatic carbocycles. The van der Waals surface area contributed by atoms with Gasteiger partial charge in [0.05, 0.1) is 0 Å². The zero-order valence-corrected chi connectivity index (χ0v) is 9.19. The van der Waals surface area contributed by atoms with Crippen LogP contribution in [-0.2, 0) is 19.3 Å². The van der Waals surface area contributed by atoms with Crippen molar-refractivity contribution >= 4 is 0 Å². The molecule has 0 saturated carbocycles. The highest BCUT2D eigenvalue weighted by Gasteiger charge is 2.25. The molecule has 0 aliphatic heterocycles. The van der Waals surface area contributed by atoms with Crippen molar-refractivity contribution in [2.24, 2.45) is 0 Å². The Morgan fingerprint density at radius 3 is 2.86 bits per heavy atom. The van der Waals surface area contributed by atoms with Gasteiger partial charge in [-0.1, -0.05) is 13.0 Å². The van der Waals surface area contributed by atoms with Gasteiger partial charge in [0, 0.05) is 0 Å². The van der Waals surface area contributed by atoms with Crippen molar-refractivity contribution in [3.63, 3.8) is 0 Å². The molecule has 0 fully saturated rings. The van der Waals surface area contributed by atoms with Gasteiger partial charge in [-0.05, 0) is 72.8 Å². The van der Waals surface area contributed by atoms with Crippen molar-refractivity contribution in [2.75, 3.05) is 0 Å². The number of benzene rings is 1. The zero-order valence-electron chi connectivity index (χ0n) is 9.19. The normalized spacial score (nSPS) is 23.7. The van der Waals surface area contributed by atoms with Gasteiger partial charge in [-0.15, -0.1) is 0 Å². The standard InChI is InChI=1S/C14H18/c1-9-6-7-13-10(2)12-5-3-4-11(12)8-14(9)13/h8-9H,3-7H2,1-2H3/t9-/m1/s1. The molecule has 2 aliphatic rings. The molecule has 1 atom stereocenters. The fraction of sp³-hybridized carbons (Fsp3) is 0.571. The summed E-state index contributed by atoms with van der Waals surface area (Å²) >= 11 is 0. The van der Waals surface area contributed by atoms with Crippen LogP contribution in [-0.4, -0.2) is 0 Å². The van der Waals surface area contributed by atoms with Crippen LogP contribution in [0.1, 0.15) is 53.5 Å². The van der Waals surface area contributed by atoms with Gasteiger partial charge in [0.1, 0.15) is 0 Å². The molecule has 0 nitrogen and oxygen atoms in total. The van der Waals surface area contributed by atoms with Crippen LogP contribution in [0.15, 0.2) is 6.07 Å². The molecule has 0 amide bonds. The van der Waals surface area contributed by atoms with Crippen molar-refractivity contribution in [1.29, 1.82) is 0 Å². The monoisotopic (exact) mass is 186 g/mol. The molecule has 2 aliphatic carbocycles. The number of hydrogen-bond donors (Lipinski definition) is 0. The van der Waals surface area contributed by atoms with E-state index in [1.54, 1.807) is 27.8 Å². The highest BCUT2D eigenvalue weighted by molar-refractivity contribution is 5.50. The lowest BCUT2D eigenvalue weighted by Gasteiger charge is -2.12. The quantitative estimate of drug-likeness (QED) is 0.581. The summed E-state index contributed by atoms with van der Waals surface area (Å²) in [6.07, 6.45) is 6.75. The van der Waals surface area contributed by atoms with Crippen LogP contribution in [0.4, 0.5) is 0 Å². The summed E-state index contributed by atoms with van der Waals surface area (Å²) in [7, 11) is 0. The third-order valence-corrected chi connectivity index (χ3v) is 4.20. The van der Waals surface area contributed by atoms with Crippen molar-refractivity contribution in [3.8, 4) is 0 Å². The van der Waals surface area contributed by atoms with E-state index in [1.165, 1.54) is 32.1 Å². The maximum absolute atomic E-state index is 2.52. The Kier molecular flexibility index (Phi) is 1.74. The summed E-state index contributed by atoms with van der Waals surface area (Å²) in [4.78, 5) is 0. The Bertz CT molecular complexity index is 388. The van der Waals surface area contributed by atoms with Crippen LogP contribution in [0.3, 0.4) is 0 Å². The van der Waals surface area contributed by atoms with Gasteiger partial charge >= 0.3 is 0 Å². The van der Waals surface area contributed by atoms with E-state index in [9.17, 15) is 0 Å². The molecule has 0 spiro atoms. The van der Waals surface area contributed by atoms with Crippen molar-refractivity contribution in [2.45, 2.75) is 51.9 Å². The summed E-state index contributed by atoms with van der Waals surface area (Å²) < 4.78 is 0. The molecule has 0 bridgehead atoms. The first-order valence-corrected chi connectivity index (χ1v) is 5.91. The van der Waals surface area contributed by atoms with E-state index in [2.05, 4.69) is 19.9 Å². The van der Waals surface area contributed by atoms with E-state index in [-0.39, 0.29) is 0 Å². The fourth-order valence-electron chi connectivity index (χ4n) is 3.32. The van der Waals surface area contributed by atoms with Gasteiger partial charge in [-0.2, -0.15) is 0 Å². The summed E-state index contributed by atoms with van der Waals surface area (Å²) in [5.41, 5.74) is 8.36. The second kappa shape index (κ2) is 2.85. The molecule has 0 saturated heterocycles. The van der Waals surface area contributed by atoms with Crippen LogP contribution in [0, 0.1) is 6.92 Å². The van der Waals surface area contributed by atoms with Crippen LogP contribution < -0.4 is 0 Å². The number of hydrogen-bond acceptors (Lipinski definition) is 0. The lowest BCUT2D eigenvalue weighted by atomic mass is 9.93. The predicted molar refractivity (Wildman–Crippen MR) is 59.9 cm³/mol. The van der Waals surface area contributed by atoms with Crippen LogP contribution in [0.2, 0.25) is 0 Å². The SMILES string of the molecule is Cc1c2c(cc3c1CC[C@H]3C)CCC2. The molecule has 0 heteroatoms. The summed E-state index contributed by atoms with van der Waals surface area (Å²) in [6, 6.07) is 2.52. The highest BCUT2D eigenvalue weighted by Crippen LogP contribution is 2.39. The molecule has 1 aromatic rings. The fourth-order valence-corrected chi connectivity index (χ4v) is 3.32. The van der Waals surface area contributed by atoms with E-state index in [4.69, 9.17) is 0 Å². The van der Waals surface area contributed by atoms with Gasteiger partial charge in [0.25, 0.3) is 0 Å². The Balaban J connectivity index is 2.24. The third-order valence-electron chi connectivity index (χ3n) is 4.20. The molecular weight excluding hydrogens is 168 g/mol. The molecule has 14 heavy (non-hydrogen) atoms. The number of fused-ring (bicyclic) bond motifs is 2. The molecule has 0 unspecified atom stereocenters. The van der Waals surface area contributed by atoms with E-state index < -0.39 is 0 Å². The summed E-state index contributed by atoms with van der Waals surface area (Å²) in [6.45, 7) is 4.73. The van der Waals surface area contributed by atoms with E-state index in [0.717, 1.165) is 5.92 Å². The first-order valence-electron chi connectivity index (χ1n) is 5.91. The second-order valence-electron chi connectivity index (χ2n) is 5.00. The van der Waals surface area contributed by atoms with Gasteiger partial charge in [-0.3, -0.25) is 0 Å². The van der Waals surface area contributed by atoms with Crippen LogP contribution >= 0.6 is 0 Å². The average molecular weight is 186 g/mol. The van der Waals surface area contributed by atoms with Crippen LogP contribution in [0.25, 0.3) is 0 Å². The minimum atomic E-state index is 0.814. The molecule has 74 valence electrons. The number of aryl methyl sites for hydroxylation is 1. The molecule has 0 radical (unpaired) electrons. The van der Waals surface area contributed by atoms with E-state index >= 15 is 0 Å². The lowest BCUT2D eigenvalue weighted by Crippen LogP contribution is -1.96. The maximum Gasteiger partial charge on any atom is -0.0184 e. The third kappa shape index (κ3) is 1.00. The first-order chi connectivity index (χ1) is 6.77. The summed E-state index contributed by atoms with van der Waals surface area (Å²) in [5, 5.41) is 0. The van der Waals surface area contributed by atoms with Crippen LogP contribution in [0.5, 0.6) is 0 Å². The van der Waals surface area contributed by atoms with Gasteiger partial charge in [-0.25, -0.2) is 0 Å². The Hall–Kier alpha value is -0.780. The topological polar surface area (TPSA) is 0 Å². The first kappa shape index (κ1) is 8.52. The lowest BCUT2D eigenvalue weighted by molar-refractivity contribution is 0.746. The van der Waals surface area contributed by atoms with E-state index in [0.29, 0.717) is 0 Å². The van der Waals surface area contributed by atoms with Gasteiger partial charge < -0.3 is 0 Å². The van der Waals surface area contributed by atoms with Crippen molar-refractivity contribution < 1.29 is 0 Å². The largest absolute Gasteiger partial charge is 0.0584 e. The smallest absolute Gasteiger partial charge is 0.0184 e. The van der Waals surface area contributed by atoms with Crippen molar-refractivity contribution in [3.05, 3.63) is 33.9 Å². The zero-order chi connectivity index (χ0) is 9.71. The number of rotatable bonds is 0. The highest BCUT2D eigenvalue weighted by atomic mass is 14.3. The van der Waals surface area contributed by atoms with Gasteiger partial charge in [0.15, 0.2) is 0 Å². The van der Waals surface area contributed by atoms with Crippen molar-refractivity contribution in [1.82, 2.24) is 0 Å². The predicted octanol–water partition coefficient (Wildman–Crippen LogP) is 3.53. The average Bonchev–Trinajstić information content (AvgIpc) is 2.75. The molecule has 0 N–H and O–H groups in total. The Morgan fingerprint density at radius 1 is 1.14 bits per heavy atom. The van der Waals surface area contributed by atoms with E-state index in [1.807, 2.05) is 0 Å². The van der Waals surface area contributed by atoms with Gasteiger partial charge in [0.2, 0.25) is 0 Å². The molecule has 3 rings (SSSR count). The molecule has 0 aromatic heterocycles. The summed E-state index contributed by atoms with van der Waals surface area (Å²) in [5.74, 6) is 0.814. The molecule has 0 heterocycles. The minimum absolute atomic E-state index is 0.814. The Labute approximate surface area is 86.3 Å².